The molecule has 0 N–H and O–H groups in total. The second kappa shape index (κ2) is 6.56. The van der Waals surface area contributed by atoms with E-state index in [1.165, 1.54) is 16.0 Å². The Bertz CT molecular complexity index is 909. The van der Waals surface area contributed by atoms with E-state index in [2.05, 4.69) is 49.6 Å². The first-order valence-corrected chi connectivity index (χ1v) is 9.17. The fourth-order valence-corrected chi connectivity index (χ4v) is 4.09. The van der Waals surface area contributed by atoms with Gasteiger partial charge < -0.3 is 4.57 Å². The van der Waals surface area contributed by atoms with Gasteiger partial charge in [-0.15, -0.1) is 0 Å². The molecule has 4 nitrogen and oxygen atoms in total. The molecule has 0 spiro atoms. The maximum absolute atomic E-state index is 12.3. The summed E-state index contributed by atoms with van der Waals surface area (Å²) in [7, 11) is 0. The van der Waals surface area contributed by atoms with Crippen LogP contribution in [0.5, 0.6) is 0 Å². The molecule has 3 rings (SSSR count). The van der Waals surface area contributed by atoms with Crippen molar-refractivity contribution in [3.8, 4) is 5.69 Å². The molecule has 2 heterocycles. The molecular formula is C20H22N2O2S. The van der Waals surface area contributed by atoms with Crippen molar-refractivity contribution in [1.29, 1.82) is 0 Å². The SMILES string of the molecule is CCN1C(=O)S/C(=C/c2cc(C)n(-c3cccc(C)c3C)c2C)C1=O. The predicted molar refractivity (Wildman–Crippen MR) is 103 cm³/mol. The number of nitrogens with zero attached hydrogens (tertiary/aromatic N) is 2. The summed E-state index contributed by atoms with van der Waals surface area (Å²) in [5.74, 6) is -0.200. The molecule has 1 saturated heterocycles. The highest BCUT2D eigenvalue weighted by molar-refractivity contribution is 8.18. The van der Waals surface area contributed by atoms with E-state index < -0.39 is 0 Å². The molecule has 0 atom stereocenters. The van der Waals surface area contributed by atoms with Crippen molar-refractivity contribution in [2.45, 2.75) is 34.6 Å². The Morgan fingerprint density at radius 3 is 2.48 bits per heavy atom. The van der Waals surface area contributed by atoms with Gasteiger partial charge in [0.15, 0.2) is 0 Å². The van der Waals surface area contributed by atoms with Gasteiger partial charge >= 0.3 is 0 Å². The third-order valence-corrected chi connectivity index (χ3v) is 5.67. The van der Waals surface area contributed by atoms with Crippen molar-refractivity contribution in [3.05, 3.63) is 57.2 Å². The molecule has 5 heteroatoms. The Hall–Kier alpha value is -2.27. The molecule has 0 bridgehead atoms. The number of hydrogen-bond acceptors (Lipinski definition) is 3. The van der Waals surface area contributed by atoms with Crippen LogP contribution in [0.1, 0.15) is 35.0 Å². The van der Waals surface area contributed by atoms with Gasteiger partial charge in [0.05, 0.1) is 4.91 Å². The predicted octanol–water partition coefficient (Wildman–Crippen LogP) is 4.77. The number of imide groups is 1. The number of hydrogen-bond donors (Lipinski definition) is 0. The summed E-state index contributed by atoms with van der Waals surface area (Å²) >= 11 is 1.02. The Morgan fingerprint density at radius 2 is 1.84 bits per heavy atom. The molecule has 1 aromatic carbocycles. The third kappa shape index (κ3) is 2.93. The molecule has 1 aromatic heterocycles. The normalized spacial score (nSPS) is 16.4. The van der Waals surface area contributed by atoms with Gasteiger partial charge in [0.1, 0.15) is 0 Å². The van der Waals surface area contributed by atoms with Crippen LogP contribution in [0.4, 0.5) is 4.79 Å². The highest BCUT2D eigenvalue weighted by Gasteiger charge is 2.33. The summed E-state index contributed by atoms with van der Waals surface area (Å²) in [6.07, 6.45) is 1.84. The Kier molecular flexibility index (Phi) is 4.60. The first-order chi connectivity index (χ1) is 11.8. The van der Waals surface area contributed by atoms with Gasteiger partial charge in [-0.05, 0) is 81.3 Å². The van der Waals surface area contributed by atoms with Crippen LogP contribution in [0, 0.1) is 27.7 Å². The van der Waals surface area contributed by atoms with Crippen molar-refractivity contribution in [2.24, 2.45) is 0 Å². The zero-order valence-electron chi connectivity index (χ0n) is 15.2. The largest absolute Gasteiger partial charge is 0.318 e. The van der Waals surface area contributed by atoms with Crippen molar-refractivity contribution < 1.29 is 9.59 Å². The fourth-order valence-electron chi connectivity index (χ4n) is 3.20. The number of carbonyl (C=O) groups is 2. The average Bonchev–Trinajstić information content (AvgIpc) is 2.99. The number of aryl methyl sites for hydroxylation is 2. The summed E-state index contributed by atoms with van der Waals surface area (Å²) in [4.78, 5) is 26.0. The average molecular weight is 354 g/mol. The molecule has 1 fully saturated rings. The fraction of sp³-hybridized carbons (Fsp3) is 0.300. The lowest BCUT2D eigenvalue weighted by Gasteiger charge is -2.14. The van der Waals surface area contributed by atoms with Crippen molar-refractivity contribution >= 4 is 29.0 Å². The summed E-state index contributed by atoms with van der Waals surface area (Å²) in [5.41, 5.74) is 6.77. The maximum Gasteiger partial charge on any atom is 0.293 e. The zero-order valence-corrected chi connectivity index (χ0v) is 16.0. The number of benzene rings is 1. The van der Waals surface area contributed by atoms with Gasteiger partial charge in [-0.1, -0.05) is 12.1 Å². The lowest BCUT2D eigenvalue weighted by molar-refractivity contribution is -0.122. The van der Waals surface area contributed by atoms with E-state index in [0.717, 1.165) is 34.4 Å². The van der Waals surface area contributed by atoms with Crippen molar-refractivity contribution in [3.63, 3.8) is 0 Å². The van der Waals surface area contributed by atoms with Gasteiger partial charge in [-0.3, -0.25) is 14.5 Å². The van der Waals surface area contributed by atoms with Crippen LogP contribution in [0.2, 0.25) is 0 Å². The smallest absolute Gasteiger partial charge is 0.293 e. The molecule has 2 amide bonds. The van der Waals surface area contributed by atoms with Gasteiger partial charge in [-0.25, -0.2) is 0 Å². The standard InChI is InChI=1S/C20H22N2O2S/c1-6-21-19(23)18(25-20(21)24)11-16-10-13(3)22(15(16)5)17-9-7-8-12(2)14(17)4/h7-11H,6H2,1-5H3/b18-11+. The highest BCUT2D eigenvalue weighted by atomic mass is 32.2. The summed E-state index contributed by atoms with van der Waals surface area (Å²) < 4.78 is 2.21. The second-order valence-corrected chi connectivity index (χ2v) is 7.30. The first-order valence-electron chi connectivity index (χ1n) is 8.36. The lowest BCUT2D eigenvalue weighted by Crippen LogP contribution is -2.27. The minimum Gasteiger partial charge on any atom is -0.318 e. The van der Waals surface area contributed by atoms with Gasteiger partial charge in [-0.2, -0.15) is 0 Å². The zero-order chi connectivity index (χ0) is 18.3. The molecule has 0 unspecified atom stereocenters. The van der Waals surface area contributed by atoms with Crippen LogP contribution in [0.3, 0.4) is 0 Å². The van der Waals surface area contributed by atoms with Gasteiger partial charge in [0, 0.05) is 23.6 Å². The number of amides is 2. The van der Waals surface area contributed by atoms with E-state index in [0.29, 0.717) is 11.4 Å². The molecular weight excluding hydrogens is 332 g/mol. The van der Waals surface area contributed by atoms with E-state index in [1.807, 2.05) is 19.9 Å². The second-order valence-electron chi connectivity index (χ2n) is 6.31. The van der Waals surface area contributed by atoms with Crippen LogP contribution in [0.15, 0.2) is 29.2 Å². The molecule has 130 valence electrons. The van der Waals surface area contributed by atoms with Crippen LogP contribution >= 0.6 is 11.8 Å². The lowest BCUT2D eigenvalue weighted by atomic mass is 10.1. The molecule has 2 aromatic rings. The molecule has 0 radical (unpaired) electrons. The molecule has 25 heavy (non-hydrogen) atoms. The summed E-state index contributed by atoms with van der Waals surface area (Å²) in [5, 5.41) is -0.193. The minimum absolute atomic E-state index is 0.193. The number of carbonyl (C=O) groups excluding carboxylic acids is 2. The topological polar surface area (TPSA) is 42.3 Å². The van der Waals surface area contributed by atoms with E-state index in [4.69, 9.17) is 0 Å². The van der Waals surface area contributed by atoms with E-state index in [-0.39, 0.29) is 11.1 Å². The molecule has 0 aliphatic carbocycles. The van der Waals surface area contributed by atoms with Gasteiger partial charge in [0.2, 0.25) is 0 Å². The first kappa shape index (κ1) is 17.5. The quantitative estimate of drug-likeness (QED) is 0.746. The number of likely N-dealkylation sites (N-methyl/N-ethyl adjacent to an activating group) is 1. The highest BCUT2D eigenvalue weighted by Crippen LogP contribution is 2.33. The van der Waals surface area contributed by atoms with Crippen molar-refractivity contribution in [1.82, 2.24) is 9.47 Å². The number of aromatic nitrogens is 1. The third-order valence-electron chi connectivity index (χ3n) is 4.76. The van der Waals surface area contributed by atoms with Crippen molar-refractivity contribution in [2.75, 3.05) is 6.54 Å². The Balaban J connectivity index is 2.07. The monoisotopic (exact) mass is 354 g/mol. The Morgan fingerprint density at radius 1 is 1.12 bits per heavy atom. The van der Waals surface area contributed by atoms with Crippen LogP contribution in [-0.2, 0) is 4.79 Å². The Labute approximate surface area is 152 Å². The van der Waals surface area contributed by atoms with Crippen LogP contribution in [0.25, 0.3) is 11.8 Å². The van der Waals surface area contributed by atoms with Crippen LogP contribution in [-0.4, -0.2) is 27.2 Å². The van der Waals surface area contributed by atoms with E-state index in [1.54, 1.807) is 0 Å². The van der Waals surface area contributed by atoms with Crippen LogP contribution < -0.4 is 0 Å². The van der Waals surface area contributed by atoms with E-state index >= 15 is 0 Å². The maximum atomic E-state index is 12.3. The molecule has 0 saturated carbocycles. The molecule has 1 aliphatic rings. The van der Waals surface area contributed by atoms with Gasteiger partial charge in [0.25, 0.3) is 11.1 Å². The minimum atomic E-state index is -0.200. The summed E-state index contributed by atoms with van der Waals surface area (Å²) in [6, 6.07) is 8.34. The molecule has 1 aliphatic heterocycles. The number of rotatable bonds is 3. The van der Waals surface area contributed by atoms with E-state index in [9.17, 15) is 9.59 Å². The summed E-state index contributed by atoms with van der Waals surface area (Å²) in [6.45, 7) is 10.5. The number of thioether (sulfide) groups is 1.